The second kappa shape index (κ2) is 15.9. The molecule has 0 spiro atoms. The van der Waals surface area contributed by atoms with Gasteiger partial charge in [0.1, 0.15) is 21.8 Å². The third kappa shape index (κ3) is 9.91. The molecule has 0 fully saturated rings. The number of hydrogen-bond acceptors (Lipinski definition) is 11. The van der Waals surface area contributed by atoms with Crippen LogP contribution in [0.15, 0.2) is 65.7 Å². The number of rotatable bonds is 14. The first-order valence-corrected chi connectivity index (χ1v) is 18.8. The topological polar surface area (TPSA) is 211 Å². The molecule has 0 saturated carbocycles. The predicted molar refractivity (Wildman–Crippen MR) is 189 cm³/mol. The van der Waals surface area contributed by atoms with Crippen LogP contribution in [0.3, 0.4) is 0 Å². The van der Waals surface area contributed by atoms with Gasteiger partial charge in [-0.1, -0.05) is 23.8 Å². The van der Waals surface area contributed by atoms with Gasteiger partial charge in [0.05, 0.1) is 5.75 Å². The first kappa shape index (κ1) is 39.4. The minimum atomic E-state index is -4.54. The largest absolute Gasteiger partial charge is 0.476 e. The van der Waals surface area contributed by atoms with E-state index < -0.39 is 66.7 Å². The number of carboxylic acids is 1. The highest BCUT2D eigenvalue weighted by Gasteiger charge is 2.30. The van der Waals surface area contributed by atoms with Gasteiger partial charge in [0.2, 0.25) is 15.8 Å². The number of benzene rings is 2. The average molecular weight is 760 g/mol. The summed E-state index contributed by atoms with van der Waals surface area (Å²) in [6.07, 6.45) is 0.764. The Labute approximate surface area is 300 Å². The highest BCUT2D eigenvalue weighted by molar-refractivity contribution is 7.92. The number of amides is 2. The molecule has 0 aliphatic rings. The SMILES string of the molecule is Cc1ccc(S(=O)(=O)Oc2c(C(=O)O)nc(N(C)S(=O)(=O)CCCCNC(=O)c3cc(F)ccc3CNC(=O)OC(C)(C)C)c3cccnc23)cc1. The summed E-state index contributed by atoms with van der Waals surface area (Å²) in [5.74, 6) is -4.46. The van der Waals surface area contributed by atoms with Crippen LogP contribution in [-0.4, -0.2) is 74.8 Å². The second-order valence-corrected chi connectivity index (χ2v) is 16.2. The number of carbonyl (C=O) groups excluding carboxylic acids is 2. The van der Waals surface area contributed by atoms with Gasteiger partial charge in [-0.05, 0) is 82.5 Å². The molecular formula is C34H38FN5O10S2. The zero-order chi connectivity index (χ0) is 38.4. The maximum atomic E-state index is 14.0. The lowest BCUT2D eigenvalue weighted by molar-refractivity contribution is 0.0522. The number of sulfonamides is 1. The van der Waals surface area contributed by atoms with Crippen LogP contribution in [0.2, 0.25) is 0 Å². The van der Waals surface area contributed by atoms with Gasteiger partial charge in [0, 0.05) is 37.3 Å². The van der Waals surface area contributed by atoms with Crippen molar-refractivity contribution in [3.05, 3.63) is 89.0 Å². The van der Waals surface area contributed by atoms with Gasteiger partial charge in [-0.15, -0.1) is 0 Å². The fourth-order valence-corrected chi connectivity index (χ4v) is 6.98. The van der Waals surface area contributed by atoms with Crippen LogP contribution >= 0.6 is 0 Å². The fraction of sp³-hybridized carbons (Fsp3) is 0.324. The molecule has 52 heavy (non-hydrogen) atoms. The number of carbonyl (C=O) groups is 3. The maximum Gasteiger partial charge on any atom is 0.407 e. The predicted octanol–water partition coefficient (Wildman–Crippen LogP) is 4.54. The number of aromatic carboxylic acids is 1. The van der Waals surface area contributed by atoms with Crippen molar-refractivity contribution in [1.82, 2.24) is 20.6 Å². The molecule has 278 valence electrons. The number of aryl methyl sites for hydroxylation is 1. The minimum absolute atomic E-state index is 0.00648. The standard InChI is InChI=1S/C34H38FN5O10S2/c1-21-10-14-24(15-11-21)52(47,48)50-29-27-25(9-8-17-36-27)30(39-28(29)32(42)43)40(5)51(45,46)18-7-6-16-37-31(41)26-19-23(35)13-12-22(26)20-38-33(44)49-34(2,3)4/h8-15,17,19H,6-7,16,18,20H2,1-5H3,(H,37,41)(H,38,44)(H,42,43). The number of halogens is 1. The lowest BCUT2D eigenvalue weighted by atomic mass is 10.1. The molecule has 3 N–H and O–H groups in total. The van der Waals surface area contributed by atoms with E-state index in [4.69, 9.17) is 8.92 Å². The molecule has 2 amide bonds. The van der Waals surface area contributed by atoms with Crippen molar-refractivity contribution in [1.29, 1.82) is 0 Å². The molecule has 18 heteroatoms. The quantitative estimate of drug-likeness (QED) is 0.119. The van der Waals surface area contributed by atoms with Crippen LogP contribution in [0.5, 0.6) is 5.75 Å². The van der Waals surface area contributed by atoms with E-state index in [0.29, 0.717) is 5.56 Å². The molecule has 4 aromatic rings. The van der Waals surface area contributed by atoms with Crippen molar-refractivity contribution in [2.75, 3.05) is 23.7 Å². The Morgan fingerprint density at radius 3 is 2.33 bits per heavy atom. The zero-order valence-corrected chi connectivity index (χ0v) is 30.6. The van der Waals surface area contributed by atoms with Gasteiger partial charge in [0.15, 0.2) is 11.5 Å². The maximum absolute atomic E-state index is 14.0. The summed E-state index contributed by atoms with van der Waals surface area (Å²) in [5, 5.41) is 15.1. The van der Waals surface area contributed by atoms with Gasteiger partial charge in [0.25, 0.3) is 5.91 Å². The van der Waals surface area contributed by atoms with Crippen molar-refractivity contribution >= 4 is 54.8 Å². The Balaban J connectivity index is 1.46. The molecule has 4 rings (SSSR count). The van der Waals surface area contributed by atoms with E-state index >= 15 is 0 Å². The molecule has 0 saturated heterocycles. The van der Waals surface area contributed by atoms with Crippen molar-refractivity contribution in [2.45, 2.75) is 57.6 Å². The first-order valence-electron chi connectivity index (χ1n) is 15.8. The van der Waals surface area contributed by atoms with Gasteiger partial charge in [-0.3, -0.25) is 14.1 Å². The van der Waals surface area contributed by atoms with Crippen LogP contribution in [0.25, 0.3) is 10.9 Å². The molecule has 0 bridgehead atoms. The summed E-state index contributed by atoms with van der Waals surface area (Å²) in [5.41, 5.74) is -0.786. The third-order valence-electron chi connectivity index (χ3n) is 7.37. The van der Waals surface area contributed by atoms with Crippen molar-refractivity contribution < 1.29 is 49.6 Å². The summed E-state index contributed by atoms with van der Waals surface area (Å²) in [4.78, 5) is 45.1. The molecule has 0 aliphatic carbocycles. The summed E-state index contributed by atoms with van der Waals surface area (Å²) in [6, 6.07) is 12.0. The fourth-order valence-electron chi connectivity index (χ4n) is 4.79. The Morgan fingerprint density at radius 1 is 0.981 bits per heavy atom. The van der Waals surface area contributed by atoms with Crippen LogP contribution < -0.4 is 19.1 Å². The number of ether oxygens (including phenoxy) is 1. The molecule has 0 radical (unpaired) electrons. The molecule has 2 aromatic heterocycles. The number of nitrogens with zero attached hydrogens (tertiary/aromatic N) is 3. The third-order valence-corrected chi connectivity index (χ3v) is 10.4. The minimum Gasteiger partial charge on any atom is -0.476 e. The molecule has 0 aliphatic heterocycles. The lowest BCUT2D eigenvalue weighted by Gasteiger charge is -2.21. The van der Waals surface area contributed by atoms with E-state index in [1.807, 2.05) is 0 Å². The van der Waals surface area contributed by atoms with Crippen LogP contribution in [-0.2, 0) is 31.4 Å². The van der Waals surface area contributed by atoms with Crippen molar-refractivity contribution in [3.63, 3.8) is 0 Å². The summed E-state index contributed by atoms with van der Waals surface area (Å²) in [7, 11) is -7.54. The monoisotopic (exact) mass is 759 g/mol. The Hall–Kier alpha value is -5.36. The van der Waals surface area contributed by atoms with E-state index in [1.54, 1.807) is 27.7 Å². The Morgan fingerprint density at radius 2 is 1.67 bits per heavy atom. The molecule has 15 nitrogen and oxygen atoms in total. The highest BCUT2D eigenvalue weighted by Crippen LogP contribution is 2.36. The highest BCUT2D eigenvalue weighted by atomic mass is 32.2. The molecule has 0 atom stereocenters. The summed E-state index contributed by atoms with van der Waals surface area (Å²) < 4.78 is 78.3. The van der Waals surface area contributed by atoms with Crippen molar-refractivity contribution in [2.24, 2.45) is 0 Å². The number of carboxylic acid groups (broad SMARTS) is 1. The van der Waals surface area contributed by atoms with Crippen LogP contribution in [0, 0.1) is 12.7 Å². The van der Waals surface area contributed by atoms with E-state index in [-0.39, 0.29) is 53.1 Å². The van der Waals surface area contributed by atoms with E-state index in [9.17, 15) is 40.7 Å². The van der Waals surface area contributed by atoms with Gasteiger partial charge < -0.3 is 24.7 Å². The number of aromatic nitrogens is 2. The van der Waals surface area contributed by atoms with E-state index in [1.165, 1.54) is 48.7 Å². The number of nitrogens with one attached hydrogen (secondary N) is 2. The lowest BCUT2D eigenvalue weighted by Crippen LogP contribution is -2.33. The number of pyridine rings is 2. The number of fused-ring (bicyclic) bond motifs is 1. The van der Waals surface area contributed by atoms with E-state index in [0.717, 1.165) is 29.0 Å². The second-order valence-electron chi connectivity index (χ2n) is 12.6. The van der Waals surface area contributed by atoms with Crippen LogP contribution in [0.1, 0.15) is 65.6 Å². The molecule has 0 unspecified atom stereocenters. The number of hydrogen-bond donors (Lipinski definition) is 3. The number of unbranched alkanes of at least 4 members (excludes halogenated alkanes) is 1. The Kier molecular flexibility index (Phi) is 12.1. The number of alkyl carbamates (subject to hydrolysis) is 1. The Bertz CT molecular complexity index is 2210. The zero-order valence-electron chi connectivity index (χ0n) is 29.0. The average Bonchev–Trinajstić information content (AvgIpc) is 3.06. The van der Waals surface area contributed by atoms with Crippen molar-refractivity contribution in [3.8, 4) is 5.75 Å². The van der Waals surface area contributed by atoms with E-state index in [2.05, 4.69) is 20.6 Å². The summed E-state index contributed by atoms with van der Waals surface area (Å²) >= 11 is 0. The first-order chi connectivity index (χ1) is 24.3. The van der Waals surface area contributed by atoms with Gasteiger partial charge >= 0.3 is 22.2 Å². The molecule has 2 aromatic carbocycles. The smallest absolute Gasteiger partial charge is 0.407 e. The van der Waals surface area contributed by atoms with Gasteiger partial charge in [-0.2, -0.15) is 8.42 Å². The summed E-state index contributed by atoms with van der Waals surface area (Å²) in [6.45, 7) is 6.73. The molecular weight excluding hydrogens is 722 g/mol. The number of anilines is 1. The van der Waals surface area contributed by atoms with Gasteiger partial charge in [-0.25, -0.2) is 27.4 Å². The normalized spacial score (nSPS) is 11.9. The molecule has 2 heterocycles. The van der Waals surface area contributed by atoms with Crippen LogP contribution in [0.4, 0.5) is 15.0 Å².